The van der Waals surface area contributed by atoms with Gasteiger partial charge >= 0.3 is 0 Å². The summed E-state index contributed by atoms with van der Waals surface area (Å²) < 4.78 is 45.9. The zero-order valence-electron chi connectivity index (χ0n) is 12.4. The van der Waals surface area contributed by atoms with E-state index in [0.717, 1.165) is 12.1 Å². The fraction of sp³-hybridized carbons (Fsp3) is 0.286. The Hall–Kier alpha value is -2.22. The fourth-order valence-corrected chi connectivity index (χ4v) is 2.82. The lowest BCUT2D eigenvalue weighted by Gasteiger charge is -2.15. The molecule has 0 radical (unpaired) electrons. The third-order valence-electron chi connectivity index (χ3n) is 2.58. The van der Waals surface area contributed by atoms with Gasteiger partial charge in [-0.25, -0.2) is 17.8 Å². The molecular weight excluding hydrogens is 309 g/mol. The van der Waals surface area contributed by atoms with Crippen molar-refractivity contribution < 1.29 is 17.5 Å². The molecule has 0 aliphatic heterocycles. The first kappa shape index (κ1) is 16.2. The Kier molecular flexibility index (Phi) is 4.60. The molecule has 2 aromatic rings. The lowest BCUT2D eigenvalue weighted by molar-refractivity contribution is 0.235. The molecule has 1 aromatic carbocycles. The highest BCUT2D eigenvalue weighted by Gasteiger charge is 2.22. The molecule has 0 aliphatic carbocycles. The minimum absolute atomic E-state index is 0.0466. The predicted octanol–water partition coefficient (Wildman–Crippen LogP) is 2.51. The van der Waals surface area contributed by atoms with Gasteiger partial charge in [-0.05, 0) is 39.0 Å². The summed E-state index contributed by atoms with van der Waals surface area (Å²) in [4.78, 5) is 7.58. The molecular formula is C14H16FN3O3S. The van der Waals surface area contributed by atoms with Crippen molar-refractivity contribution in [3.8, 4) is 5.75 Å². The van der Waals surface area contributed by atoms with Gasteiger partial charge in [0, 0.05) is 0 Å². The van der Waals surface area contributed by atoms with Crippen LogP contribution < -0.4 is 9.46 Å². The van der Waals surface area contributed by atoms with E-state index < -0.39 is 15.8 Å². The van der Waals surface area contributed by atoms with Crippen LogP contribution in [0, 0.1) is 12.7 Å². The number of rotatable bonds is 5. The summed E-state index contributed by atoms with van der Waals surface area (Å²) in [5.74, 6) is -0.555. The molecule has 0 atom stereocenters. The lowest BCUT2D eigenvalue weighted by atomic mass is 10.3. The highest BCUT2D eigenvalue weighted by molar-refractivity contribution is 7.92. The van der Waals surface area contributed by atoms with Gasteiger partial charge in [0.2, 0.25) is 0 Å². The minimum atomic E-state index is -4.04. The predicted molar refractivity (Wildman–Crippen MR) is 79.7 cm³/mol. The second-order valence-corrected chi connectivity index (χ2v) is 6.56. The Morgan fingerprint density at radius 2 is 1.95 bits per heavy atom. The Bertz CT molecular complexity index is 761. The molecule has 2 rings (SSSR count). The molecule has 8 heteroatoms. The van der Waals surface area contributed by atoms with E-state index in [1.54, 1.807) is 20.8 Å². The Morgan fingerprint density at radius 1 is 1.23 bits per heavy atom. The van der Waals surface area contributed by atoms with Crippen molar-refractivity contribution in [2.75, 3.05) is 4.72 Å². The van der Waals surface area contributed by atoms with Gasteiger partial charge in [-0.15, -0.1) is 0 Å². The molecule has 0 saturated heterocycles. The van der Waals surface area contributed by atoms with Gasteiger partial charge < -0.3 is 4.74 Å². The first-order valence-corrected chi connectivity index (χ1v) is 8.04. The molecule has 1 N–H and O–H groups in total. The number of ether oxygens (including phenoxy) is 1. The van der Waals surface area contributed by atoms with Gasteiger partial charge in [-0.2, -0.15) is 0 Å². The first-order valence-electron chi connectivity index (χ1n) is 6.55. The number of nitrogens with one attached hydrogen (secondary N) is 1. The maximum absolute atomic E-state index is 13.4. The van der Waals surface area contributed by atoms with Gasteiger partial charge in [-0.3, -0.25) is 9.71 Å². The van der Waals surface area contributed by atoms with Gasteiger partial charge in [0.25, 0.3) is 10.0 Å². The largest absolute Gasteiger partial charge is 0.490 e. The summed E-state index contributed by atoms with van der Waals surface area (Å²) >= 11 is 0. The third-order valence-corrected chi connectivity index (χ3v) is 3.95. The molecule has 1 heterocycles. The molecule has 0 saturated carbocycles. The summed E-state index contributed by atoms with van der Waals surface area (Å²) in [6.45, 7) is 5.23. The average Bonchev–Trinajstić information content (AvgIpc) is 2.42. The van der Waals surface area contributed by atoms with Crippen molar-refractivity contribution in [1.29, 1.82) is 0 Å². The maximum atomic E-state index is 13.4. The van der Waals surface area contributed by atoms with E-state index in [0.29, 0.717) is 5.69 Å². The Morgan fingerprint density at radius 3 is 2.55 bits per heavy atom. The quantitative estimate of drug-likeness (QED) is 0.913. The number of hydrogen-bond donors (Lipinski definition) is 1. The zero-order valence-corrected chi connectivity index (χ0v) is 13.2. The standard InChI is InChI=1S/C14H16FN3O3S/c1-9(2)21-12-5-4-11(15)6-13(12)22(19,20)18-14-8-16-10(3)7-17-14/h4-9H,1-3H3,(H,17,18). The highest BCUT2D eigenvalue weighted by Crippen LogP contribution is 2.27. The molecule has 0 amide bonds. The van der Waals surface area contributed by atoms with E-state index in [-0.39, 0.29) is 22.6 Å². The average molecular weight is 325 g/mol. The second kappa shape index (κ2) is 6.27. The van der Waals surface area contributed by atoms with E-state index in [9.17, 15) is 12.8 Å². The molecule has 0 unspecified atom stereocenters. The van der Waals surface area contributed by atoms with Crippen molar-refractivity contribution >= 4 is 15.8 Å². The maximum Gasteiger partial charge on any atom is 0.266 e. The Balaban J connectivity index is 2.39. The number of hydrogen-bond acceptors (Lipinski definition) is 5. The van der Waals surface area contributed by atoms with E-state index in [1.807, 2.05) is 0 Å². The van der Waals surface area contributed by atoms with Gasteiger partial charge in [-0.1, -0.05) is 0 Å². The third kappa shape index (κ3) is 3.91. The van der Waals surface area contributed by atoms with Crippen LogP contribution >= 0.6 is 0 Å². The van der Waals surface area contributed by atoms with Crippen molar-refractivity contribution in [3.63, 3.8) is 0 Å². The van der Waals surface area contributed by atoms with Gasteiger partial charge in [0.15, 0.2) is 5.82 Å². The summed E-state index contributed by atoms with van der Waals surface area (Å²) in [7, 11) is -4.04. The summed E-state index contributed by atoms with van der Waals surface area (Å²) in [5, 5.41) is 0. The molecule has 6 nitrogen and oxygen atoms in total. The first-order chi connectivity index (χ1) is 10.3. The van der Waals surface area contributed by atoms with Crippen LogP contribution in [0.1, 0.15) is 19.5 Å². The van der Waals surface area contributed by atoms with Crippen LogP contribution in [0.15, 0.2) is 35.5 Å². The van der Waals surface area contributed by atoms with E-state index in [2.05, 4.69) is 14.7 Å². The van der Waals surface area contributed by atoms with Crippen molar-refractivity contribution in [1.82, 2.24) is 9.97 Å². The molecule has 0 aliphatic rings. The lowest BCUT2D eigenvalue weighted by Crippen LogP contribution is -2.17. The number of sulfonamides is 1. The molecule has 0 spiro atoms. The van der Waals surface area contributed by atoms with Crippen LogP contribution in [0.2, 0.25) is 0 Å². The van der Waals surface area contributed by atoms with Crippen LogP contribution in [0.25, 0.3) is 0 Å². The topological polar surface area (TPSA) is 81.2 Å². The SMILES string of the molecule is Cc1cnc(NS(=O)(=O)c2cc(F)ccc2OC(C)C)cn1. The van der Waals surface area contributed by atoms with Crippen LogP contribution in [-0.4, -0.2) is 24.5 Å². The number of nitrogens with zero attached hydrogens (tertiary/aromatic N) is 2. The summed E-state index contributed by atoms with van der Waals surface area (Å²) in [6.07, 6.45) is 2.46. The fourth-order valence-electron chi connectivity index (χ4n) is 1.68. The molecule has 0 bridgehead atoms. The molecule has 0 fully saturated rings. The Labute approximate surface area is 128 Å². The number of halogens is 1. The van der Waals surface area contributed by atoms with Gasteiger partial charge in [0.05, 0.1) is 24.2 Å². The van der Waals surface area contributed by atoms with E-state index in [4.69, 9.17) is 4.74 Å². The van der Waals surface area contributed by atoms with Gasteiger partial charge in [0.1, 0.15) is 16.5 Å². The van der Waals surface area contributed by atoms with Crippen molar-refractivity contribution in [2.45, 2.75) is 31.8 Å². The normalized spacial score (nSPS) is 11.5. The van der Waals surface area contributed by atoms with E-state index in [1.165, 1.54) is 18.5 Å². The number of anilines is 1. The molecule has 118 valence electrons. The van der Waals surface area contributed by atoms with Crippen molar-refractivity contribution in [2.24, 2.45) is 0 Å². The second-order valence-electron chi connectivity index (χ2n) is 4.91. The summed E-state index contributed by atoms with van der Waals surface area (Å²) in [6, 6.07) is 3.33. The summed E-state index contributed by atoms with van der Waals surface area (Å²) in [5.41, 5.74) is 0.650. The molecule has 22 heavy (non-hydrogen) atoms. The van der Waals surface area contributed by atoms with Crippen LogP contribution in [0.4, 0.5) is 10.2 Å². The highest BCUT2D eigenvalue weighted by atomic mass is 32.2. The number of aryl methyl sites for hydroxylation is 1. The van der Waals surface area contributed by atoms with Crippen LogP contribution in [0.3, 0.4) is 0 Å². The number of aromatic nitrogens is 2. The van der Waals surface area contributed by atoms with Crippen LogP contribution in [-0.2, 0) is 10.0 Å². The van der Waals surface area contributed by atoms with Crippen molar-refractivity contribution in [3.05, 3.63) is 42.1 Å². The smallest absolute Gasteiger partial charge is 0.266 e. The monoisotopic (exact) mass is 325 g/mol. The van der Waals surface area contributed by atoms with Crippen LogP contribution in [0.5, 0.6) is 5.75 Å². The number of benzene rings is 1. The van der Waals surface area contributed by atoms with E-state index >= 15 is 0 Å². The minimum Gasteiger partial charge on any atom is -0.490 e. The molecule has 1 aromatic heterocycles. The zero-order chi connectivity index (χ0) is 16.3.